The summed E-state index contributed by atoms with van der Waals surface area (Å²) in [7, 11) is 0. The van der Waals surface area contributed by atoms with E-state index < -0.39 is 16.8 Å². The van der Waals surface area contributed by atoms with Crippen LogP contribution in [0.5, 0.6) is 0 Å². The second-order valence-corrected chi connectivity index (χ2v) is 7.19. The molecule has 1 aromatic carbocycles. The van der Waals surface area contributed by atoms with E-state index in [-0.39, 0.29) is 0 Å². The lowest BCUT2D eigenvalue weighted by atomic mass is 9.73. The van der Waals surface area contributed by atoms with Crippen molar-refractivity contribution in [1.82, 2.24) is 5.06 Å². The SMILES string of the molecule is CC1(C)N=C(c2ccccc2)C23C(CCC2(C)O)CON13. The van der Waals surface area contributed by atoms with Crippen molar-refractivity contribution in [2.45, 2.75) is 50.4 Å². The molecule has 1 N–H and O–H groups in total. The highest BCUT2D eigenvalue weighted by Crippen LogP contribution is 2.58. The maximum absolute atomic E-state index is 11.2. The van der Waals surface area contributed by atoms with Crippen molar-refractivity contribution in [3.8, 4) is 0 Å². The molecule has 1 saturated heterocycles. The molecule has 4 heteroatoms. The Morgan fingerprint density at radius 1 is 1.24 bits per heavy atom. The van der Waals surface area contributed by atoms with E-state index >= 15 is 0 Å². The van der Waals surface area contributed by atoms with Gasteiger partial charge in [0.25, 0.3) is 0 Å². The summed E-state index contributed by atoms with van der Waals surface area (Å²) in [5, 5.41) is 13.2. The molecular weight excluding hydrogens is 264 g/mol. The topological polar surface area (TPSA) is 45.1 Å². The standard InChI is InChI=1S/C17H22N2O2/c1-15(2)18-14(12-7-5-4-6-8-12)17-13(11-21-19(15)17)9-10-16(17,3)20/h4-8,13,20H,9-11H2,1-3H3. The van der Waals surface area contributed by atoms with E-state index in [4.69, 9.17) is 9.83 Å². The average Bonchev–Trinajstić information content (AvgIpc) is 3.02. The summed E-state index contributed by atoms with van der Waals surface area (Å²) in [4.78, 5) is 11.0. The molecule has 1 aromatic rings. The van der Waals surface area contributed by atoms with Crippen LogP contribution in [-0.4, -0.2) is 39.3 Å². The third kappa shape index (κ3) is 1.48. The number of hydroxylamine groups is 2. The number of aliphatic imine (C=N–C) groups is 1. The molecule has 3 aliphatic rings. The lowest BCUT2D eigenvalue weighted by molar-refractivity contribution is -0.225. The predicted octanol–water partition coefficient (Wildman–Crippen LogP) is 2.37. The molecule has 1 spiro atoms. The molecule has 1 aliphatic carbocycles. The largest absolute Gasteiger partial charge is 0.388 e. The minimum absolute atomic E-state index is 0.299. The molecular formula is C17H22N2O2. The summed E-state index contributed by atoms with van der Waals surface area (Å²) in [6, 6.07) is 10.2. The molecule has 0 radical (unpaired) electrons. The van der Waals surface area contributed by atoms with Crippen LogP contribution in [0, 0.1) is 5.92 Å². The van der Waals surface area contributed by atoms with Crippen molar-refractivity contribution in [3.05, 3.63) is 35.9 Å². The van der Waals surface area contributed by atoms with Crippen LogP contribution in [0.2, 0.25) is 0 Å². The third-order valence-corrected chi connectivity index (χ3v) is 5.41. The van der Waals surface area contributed by atoms with Gasteiger partial charge in [0.15, 0.2) is 0 Å². The number of benzene rings is 1. The number of rotatable bonds is 1. The smallest absolute Gasteiger partial charge is 0.131 e. The van der Waals surface area contributed by atoms with Crippen molar-refractivity contribution in [2.75, 3.05) is 6.61 Å². The molecule has 2 fully saturated rings. The minimum atomic E-state index is -0.823. The van der Waals surface area contributed by atoms with Gasteiger partial charge in [-0.25, -0.2) is 0 Å². The molecule has 3 unspecified atom stereocenters. The lowest BCUT2D eigenvalue weighted by Gasteiger charge is -2.44. The molecule has 4 nitrogen and oxygen atoms in total. The van der Waals surface area contributed by atoms with E-state index in [1.807, 2.05) is 30.2 Å². The van der Waals surface area contributed by atoms with Gasteiger partial charge in [0.1, 0.15) is 11.2 Å². The van der Waals surface area contributed by atoms with Crippen LogP contribution in [0.4, 0.5) is 0 Å². The Morgan fingerprint density at radius 2 is 1.95 bits per heavy atom. The Balaban J connectivity index is 1.96. The maximum atomic E-state index is 11.2. The van der Waals surface area contributed by atoms with Gasteiger partial charge in [0, 0.05) is 5.92 Å². The first-order valence-electron chi connectivity index (χ1n) is 7.71. The van der Waals surface area contributed by atoms with E-state index in [0.717, 1.165) is 24.1 Å². The summed E-state index contributed by atoms with van der Waals surface area (Å²) >= 11 is 0. The van der Waals surface area contributed by atoms with Gasteiger partial charge in [0.05, 0.1) is 17.9 Å². The number of nitrogens with zero attached hydrogens (tertiary/aromatic N) is 2. The lowest BCUT2D eigenvalue weighted by Crippen LogP contribution is -2.64. The van der Waals surface area contributed by atoms with Crippen LogP contribution >= 0.6 is 0 Å². The Bertz CT molecular complexity index is 608. The van der Waals surface area contributed by atoms with Gasteiger partial charge in [-0.3, -0.25) is 9.83 Å². The summed E-state index contributed by atoms with van der Waals surface area (Å²) < 4.78 is 0. The van der Waals surface area contributed by atoms with E-state index in [1.165, 1.54) is 0 Å². The second kappa shape index (κ2) is 3.94. The summed E-state index contributed by atoms with van der Waals surface area (Å²) in [5.74, 6) is 0.299. The zero-order chi connectivity index (χ0) is 14.9. The quantitative estimate of drug-likeness (QED) is 0.862. The fourth-order valence-corrected chi connectivity index (χ4v) is 4.57. The average molecular weight is 286 g/mol. The fraction of sp³-hybridized carbons (Fsp3) is 0.588. The molecule has 0 aromatic heterocycles. The molecule has 3 atom stereocenters. The predicted molar refractivity (Wildman–Crippen MR) is 80.9 cm³/mol. The van der Waals surface area contributed by atoms with Gasteiger partial charge in [-0.2, -0.15) is 0 Å². The normalized spacial score (nSPS) is 41.0. The molecule has 4 rings (SSSR count). The van der Waals surface area contributed by atoms with Crippen molar-refractivity contribution < 1.29 is 9.94 Å². The van der Waals surface area contributed by atoms with E-state index in [0.29, 0.717) is 12.5 Å². The Labute approximate surface area is 125 Å². The fourth-order valence-electron chi connectivity index (χ4n) is 4.57. The highest BCUT2D eigenvalue weighted by atomic mass is 16.7. The van der Waals surface area contributed by atoms with E-state index in [1.54, 1.807) is 0 Å². The van der Waals surface area contributed by atoms with Gasteiger partial charge >= 0.3 is 0 Å². The van der Waals surface area contributed by atoms with E-state index in [9.17, 15) is 5.11 Å². The molecule has 112 valence electrons. The zero-order valence-corrected chi connectivity index (χ0v) is 12.8. The minimum Gasteiger partial charge on any atom is -0.388 e. The van der Waals surface area contributed by atoms with Crippen molar-refractivity contribution in [2.24, 2.45) is 10.9 Å². The van der Waals surface area contributed by atoms with E-state index in [2.05, 4.69) is 26.0 Å². The van der Waals surface area contributed by atoms with Gasteiger partial charge in [-0.05, 0) is 39.2 Å². The molecule has 2 aliphatic heterocycles. The Morgan fingerprint density at radius 3 is 2.67 bits per heavy atom. The monoisotopic (exact) mass is 286 g/mol. The van der Waals surface area contributed by atoms with Crippen molar-refractivity contribution in [3.63, 3.8) is 0 Å². The first-order valence-corrected chi connectivity index (χ1v) is 7.71. The van der Waals surface area contributed by atoms with Crippen LogP contribution < -0.4 is 0 Å². The molecule has 2 heterocycles. The van der Waals surface area contributed by atoms with Gasteiger partial charge < -0.3 is 5.11 Å². The molecule has 21 heavy (non-hydrogen) atoms. The van der Waals surface area contributed by atoms with Gasteiger partial charge in [-0.1, -0.05) is 30.3 Å². The van der Waals surface area contributed by atoms with Crippen LogP contribution in [0.3, 0.4) is 0 Å². The van der Waals surface area contributed by atoms with Crippen molar-refractivity contribution in [1.29, 1.82) is 0 Å². The Kier molecular flexibility index (Phi) is 2.52. The van der Waals surface area contributed by atoms with Crippen molar-refractivity contribution >= 4 is 5.71 Å². The summed E-state index contributed by atoms with van der Waals surface area (Å²) in [6.07, 6.45) is 1.77. The first kappa shape index (κ1) is 13.4. The molecule has 0 amide bonds. The Hall–Kier alpha value is -1.23. The van der Waals surface area contributed by atoms with Crippen LogP contribution in [0.25, 0.3) is 0 Å². The van der Waals surface area contributed by atoms with Gasteiger partial charge in [0.2, 0.25) is 0 Å². The second-order valence-electron chi connectivity index (χ2n) is 7.19. The van der Waals surface area contributed by atoms with Crippen LogP contribution in [0.15, 0.2) is 35.3 Å². The first-order chi connectivity index (χ1) is 9.89. The van der Waals surface area contributed by atoms with Crippen LogP contribution in [-0.2, 0) is 4.84 Å². The highest BCUT2D eigenvalue weighted by Gasteiger charge is 2.72. The third-order valence-electron chi connectivity index (χ3n) is 5.41. The molecule has 0 bridgehead atoms. The number of hydrogen-bond donors (Lipinski definition) is 1. The number of hydrogen-bond acceptors (Lipinski definition) is 4. The summed E-state index contributed by atoms with van der Waals surface area (Å²) in [6.45, 7) is 6.73. The van der Waals surface area contributed by atoms with Crippen LogP contribution in [0.1, 0.15) is 39.2 Å². The highest BCUT2D eigenvalue weighted by molar-refractivity contribution is 6.10. The maximum Gasteiger partial charge on any atom is 0.131 e. The molecule has 1 saturated carbocycles. The zero-order valence-electron chi connectivity index (χ0n) is 12.8. The summed E-state index contributed by atoms with van der Waals surface area (Å²) in [5.41, 5.74) is 0.284. The van der Waals surface area contributed by atoms with Gasteiger partial charge in [-0.15, -0.1) is 5.06 Å². The number of aliphatic hydroxyl groups is 1.